The van der Waals surface area contributed by atoms with Crippen molar-refractivity contribution < 1.29 is 0 Å². The molecule has 0 fully saturated rings. The largest absolute Gasteiger partial charge is 0.326 e. The molecule has 1 aromatic carbocycles. The number of aryl methyl sites for hydroxylation is 2. The normalized spacial score (nSPS) is 13.5. The summed E-state index contributed by atoms with van der Waals surface area (Å²) >= 11 is 0. The van der Waals surface area contributed by atoms with E-state index >= 15 is 0 Å². The minimum atomic E-state index is 0.441. The maximum atomic E-state index is 4.60. The summed E-state index contributed by atoms with van der Waals surface area (Å²) < 4.78 is 2.35. The molecule has 0 aliphatic carbocycles. The van der Waals surface area contributed by atoms with Crippen LogP contribution in [0, 0.1) is 25.7 Å². The Hall–Kier alpha value is -1.35. The molecule has 21 heavy (non-hydrogen) atoms. The first-order chi connectivity index (χ1) is 9.90. The highest BCUT2D eigenvalue weighted by molar-refractivity contribution is 5.77. The van der Waals surface area contributed by atoms with Crippen LogP contribution >= 0.6 is 0 Å². The summed E-state index contributed by atoms with van der Waals surface area (Å²) in [6, 6.07) is 4.91. The Bertz CT molecular complexity index is 596. The van der Waals surface area contributed by atoms with Gasteiger partial charge in [-0.15, -0.1) is 0 Å². The summed E-state index contributed by atoms with van der Waals surface area (Å²) in [5.74, 6) is 1.26. The molecule has 1 atom stereocenters. The molecule has 2 rings (SSSR count). The van der Waals surface area contributed by atoms with Crippen molar-refractivity contribution in [3.8, 4) is 0 Å². The van der Waals surface area contributed by atoms with Crippen LogP contribution in [0.5, 0.6) is 0 Å². The van der Waals surface area contributed by atoms with Crippen molar-refractivity contribution in [1.82, 2.24) is 14.9 Å². The van der Waals surface area contributed by atoms with Gasteiger partial charge in [0.1, 0.15) is 0 Å². The maximum absolute atomic E-state index is 4.60. The van der Waals surface area contributed by atoms with E-state index in [1.807, 2.05) is 6.33 Å². The van der Waals surface area contributed by atoms with Crippen LogP contribution in [0.2, 0.25) is 0 Å². The van der Waals surface area contributed by atoms with Crippen LogP contribution in [0.4, 0.5) is 0 Å². The summed E-state index contributed by atoms with van der Waals surface area (Å²) in [5, 5.41) is 3.60. The van der Waals surface area contributed by atoms with Gasteiger partial charge in [-0.05, 0) is 55.5 Å². The van der Waals surface area contributed by atoms with Gasteiger partial charge >= 0.3 is 0 Å². The zero-order valence-corrected chi connectivity index (χ0v) is 14.3. The molecule has 0 amide bonds. The van der Waals surface area contributed by atoms with E-state index in [9.17, 15) is 0 Å². The lowest BCUT2D eigenvalue weighted by Crippen LogP contribution is -2.30. The van der Waals surface area contributed by atoms with Gasteiger partial charge < -0.3 is 9.88 Å². The maximum Gasteiger partial charge on any atom is 0.0961 e. The number of nitrogens with zero attached hydrogens (tertiary/aromatic N) is 2. The number of imidazole rings is 1. The van der Waals surface area contributed by atoms with Crippen molar-refractivity contribution in [3.63, 3.8) is 0 Å². The Labute approximate surface area is 128 Å². The number of hydrogen-bond donors (Lipinski definition) is 1. The van der Waals surface area contributed by atoms with Crippen LogP contribution in [0.25, 0.3) is 11.0 Å². The van der Waals surface area contributed by atoms with E-state index in [1.54, 1.807) is 0 Å². The van der Waals surface area contributed by atoms with E-state index < -0.39 is 0 Å². The van der Waals surface area contributed by atoms with Crippen LogP contribution in [-0.2, 0) is 0 Å². The molecule has 0 spiro atoms. The van der Waals surface area contributed by atoms with Gasteiger partial charge in [0.05, 0.1) is 17.4 Å². The molecule has 0 bridgehead atoms. The van der Waals surface area contributed by atoms with Gasteiger partial charge in [0.15, 0.2) is 0 Å². The minimum Gasteiger partial charge on any atom is -0.326 e. The molecule has 0 aliphatic rings. The fraction of sp³-hybridized carbons (Fsp3) is 0.611. The van der Waals surface area contributed by atoms with Crippen molar-refractivity contribution in [2.24, 2.45) is 11.8 Å². The highest BCUT2D eigenvalue weighted by Crippen LogP contribution is 2.25. The van der Waals surface area contributed by atoms with E-state index in [0.29, 0.717) is 17.9 Å². The highest BCUT2D eigenvalue weighted by Gasteiger charge is 2.18. The summed E-state index contributed by atoms with van der Waals surface area (Å²) in [4.78, 5) is 4.60. The molecule has 0 radical (unpaired) electrons. The first-order valence-electron chi connectivity index (χ1n) is 8.04. The van der Waals surface area contributed by atoms with Gasteiger partial charge in [0.2, 0.25) is 0 Å². The quantitative estimate of drug-likeness (QED) is 0.867. The van der Waals surface area contributed by atoms with Crippen molar-refractivity contribution in [1.29, 1.82) is 0 Å². The monoisotopic (exact) mass is 287 g/mol. The Kier molecular flexibility index (Phi) is 5.04. The average molecular weight is 287 g/mol. The first-order valence-corrected chi connectivity index (χ1v) is 8.04. The highest BCUT2D eigenvalue weighted by atomic mass is 15.1. The number of nitrogens with one attached hydrogen (secondary N) is 1. The number of hydrogen-bond acceptors (Lipinski definition) is 2. The predicted octanol–water partition coefficient (Wildman–Crippen LogP) is 4.10. The van der Waals surface area contributed by atoms with E-state index in [1.165, 1.54) is 16.6 Å². The molecule has 1 heterocycles. The second-order valence-electron chi connectivity index (χ2n) is 6.94. The SMILES string of the molecule is Cc1cc2ncn(C(CNCC(C)C)C(C)C)c2cc1C. The molecule has 0 saturated carbocycles. The smallest absolute Gasteiger partial charge is 0.0961 e. The van der Waals surface area contributed by atoms with E-state index in [4.69, 9.17) is 0 Å². The van der Waals surface area contributed by atoms with Crippen molar-refractivity contribution in [2.45, 2.75) is 47.6 Å². The Morgan fingerprint density at radius 3 is 2.33 bits per heavy atom. The second-order valence-corrected chi connectivity index (χ2v) is 6.94. The summed E-state index contributed by atoms with van der Waals surface area (Å²) in [5.41, 5.74) is 5.00. The molecule has 2 aromatic rings. The van der Waals surface area contributed by atoms with Gasteiger partial charge in [-0.2, -0.15) is 0 Å². The Morgan fingerprint density at radius 1 is 1.05 bits per heavy atom. The summed E-state index contributed by atoms with van der Waals surface area (Å²) in [6.45, 7) is 15.4. The molecular weight excluding hydrogens is 258 g/mol. The van der Waals surface area contributed by atoms with Gasteiger partial charge in [0.25, 0.3) is 0 Å². The molecule has 116 valence electrons. The van der Waals surface area contributed by atoms with Crippen LogP contribution in [0.3, 0.4) is 0 Å². The van der Waals surface area contributed by atoms with Crippen molar-refractivity contribution in [3.05, 3.63) is 29.6 Å². The van der Waals surface area contributed by atoms with E-state index in [0.717, 1.165) is 18.6 Å². The van der Waals surface area contributed by atoms with Crippen LogP contribution in [0.1, 0.15) is 44.9 Å². The third-order valence-corrected chi connectivity index (χ3v) is 4.22. The van der Waals surface area contributed by atoms with Crippen molar-refractivity contribution in [2.75, 3.05) is 13.1 Å². The molecule has 1 unspecified atom stereocenters. The van der Waals surface area contributed by atoms with Crippen LogP contribution in [-0.4, -0.2) is 22.6 Å². The van der Waals surface area contributed by atoms with Gasteiger partial charge in [-0.25, -0.2) is 4.98 Å². The molecule has 1 N–H and O–H groups in total. The average Bonchev–Trinajstić information content (AvgIpc) is 2.77. The zero-order valence-electron chi connectivity index (χ0n) is 14.3. The zero-order chi connectivity index (χ0) is 15.6. The lowest BCUT2D eigenvalue weighted by atomic mass is 10.0. The van der Waals surface area contributed by atoms with E-state index in [2.05, 4.69) is 68.5 Å². The Morgan fingerprint density at radius 2 is 1.71 bits per heavy atom. The molecule has 1 aromatic heterocycles. The molecule has 0 saturated heterocycles. The van der Waals surface area contributed by atoms with Crippen LogP contribution < -0.4 is 5.32 Å². The summed E-state index contributed by atoms with van der Waals surface area (Å²) in [7, 11) is 0. The van der Waals surface area contributed by atoms with Gasteiger partial charge in [0, 0.05) is 12.6 Å². The fourth-order valence-corrected chi connectivity index (χ4v) is 2.72. The molecular formula is C18H29N3. The lowest BCUT2D eigenvalue weighted by Gasteiger charge is -2.24. The fourth-order valence-electron chi connectivity index (χ4n) is 2.72. The molecule has 3 heteroatoms. The number of aromatic nitrogens is 2. The molecule has 3 nitrogen and oxygen atoms in total. The standard InChI is InChI=1S/C18H29N3/c1-12(2)9-19-10-18(13(3)4)21-11-20-16-7-14(5)15(6)8-17(16)21/h7-8,11-13,18-19H,9-10H2,1-6H3. The summed E-state index contributed by atoms with van der Waals surface area (Å²) in [6.07, 6.45) is 2.01. The van der Waals surface area contributed by atoms with Gasteiger partial charge in [-0.3, -0.25) is 0 Å². The number of fused-ring (bicyclic) bond motifs is 1. The third kappa shape index (κ3) is 3.65. The van der Waals surface area contributed by atoms with Crippen LogP contribution in [0.15, 0.2) is 18.5 Å². The van der Waals surface area contributed by atoms with Crippen molar-refractivity contribution >= 4 is 11.0 Å². The van der Waals surface area contributed by atoms with Gasteiger partial charge in [-0.1, -0.05) is 27.7 Å². The first kappa shape index (κ1) is 16.0. The Balaban J connectivity index is 2.30. The second kappa shape index (κ2) is 6.61. The van der Waals surface area contributed by atoms with E-state index in [-0.39, 0.29) is 0 Å². The number of benzene rings is 1. The topological polar surface area (TPSA) is 29.9 Å². The molecule has 0 aliphatic heterocycles. The predicted molar refractivity (Wildman–Crippen MR) is 90.8 cm³/mol. The minimum absolute atomic E-state index is 0.441. The third-order valence-electron chi connectivity index (χ3n) is 4.22. The lowest BCUT2D eigenvalue weighted by molar-refractivity contribution is 0.356. The number of rotatable bonds is 6.